The highest BCUT2D eigenvalue weighted by Crippen LogP contribution is 2.52. The second-order valence-corrected chi connectivity index (χ2v) is 11.5. The molecule has 1 N–H and O–H groups in total. The van der Waals surface area contributed by atoms with Crippen LogP contribution in [-0.2, 0) is 6.61 Å². The molecular formula is C31H44O2. The lowest BCUT2D eigenvalue weighted by atomic mass is 9.58. The van der Waals surface area contributed by atoms with Crippen LogP contribution in [0.25, 0.3) is 0 Å². The highest BCUT2D eigenvalue weighted by molar-refractivity contribution is 5.40. The van der Waals surface area contributed by atoms with Gasteiger partial charge in [0.2, 0.25) is 0 Å². The Morgan fingerprint density at radius 3 is 1.76 bits per heavy atom. The van der Waals surface area contributed by atoms with E-state index in [0.717, 1.165) is 23.1 Å². The van der Waals surface area contributed by atoms with Crippen molar-refractivity contribution >= 4 is 0 Å². The SMILES string of the molecule is COc1cc(C)ccc1C1CCC(C(C)(C)C2CCC(c3ccc(C)cc3CO)CC2)CC1. The minimum absolute atomic E-state index is 0.164. The normalized spacial score (nSPS) is 26.2. The lowest BCUT2D eigenvalue weighted by Gasteiger charge is -2.47. The van der Waals surface area contributed by atoms with Gasteiger partial charge in [-0.05, 0) is 123 Å². The minimum atomic E-state index is 0.164. The van der Waals surface area contributed by atoms with Crippen molar-refractivity contribution in [3.05, 3.63) is 64.2 Å². The quantitative estimate of drug-likeness (QED) is 0.484. The molecule has 0 saturated heterocycles. The highest BCUT2D eigenvalue weighted by Gasteiger charge is 2.41. The maximum atomic E-state index is 9.87. The summed E-state index contributed by atoms with van der Waals surface area (Å²) < 4.78 is 5.72. The zero-order valence-corrected chi connectivity index (χ0v) is 21.5. The standard InChI is InChI=1S/C31H44O2/c1-21-6-16-28(25(18-21)20-32)23-8-12-26(13-9-23)31(3,4)27-14-10-24(11-15-27)29-17-7-22(2)19-30(29)33-5/h6-7,16-19,23-24,26-27,32H,8-15,20H2,1-5H3. The smallest absolute Gasteiger partial charge is 0.122 e. The Labute approximate surface area is 201 Å². The molecule has 2 nitrogen and oxygen atoms in total. The summed E-state index contributed by atoms with van der Waals surface area (Å²) in [6.45, 7) is 9.54. The molecule has 0 amide bonds. The fourth-order valence-electron chi connectivity index (χ4n) is 7.06. The van der Waals surface area contributed by atoms with Gasteiger partial charge in [0.1, 0.15) is 5.75 Å². The third-order valence-corrected chi connectivity index (χ3v) is 9.30. The fraction of sp³-hybridized carbons (Fsp3) is 0.613. The summed E-state index contributed by atoms with van der Waals surface area (Å²) in [4.78, 5) is 0. The molecule has 0 unspecified atom stereocenters. The molecule has 2 aliphatic carbocycles. The maximum absolute atomic E-state index is 9.87. The first-order valence-electron chi connectivity index (χ1n) is 13.2. The largest absolute Gasteiger partial charge is 0.496 e. The number of aliphatic hydroxyl groups is 1. The van der Waals surface area contributed by atoms with Gasteiger partial charge in [-0.15, -0.1) is 0 Å². The van der Waals surface area contributed by atoms with E-state index in [4.69, 9.17) is 4.74 Å². The molecule has 4 rings (SSSR count). The van der Waals surface area contributed by atoms with Crippen LogP contribution in [0, 0.1) is 31.1 Å². The van der Waals surface area contributed by atoms with Crippen molar-refractivity contribution in [3.63, 3.8) is 0 Å². The van der Waals surface area contributed by atoms with Gasteiger partial charge in [0, 0.05) is 0 Å². The van der Waals surface area contributed by atoms with Gasteiger partial charge in [-0.25, -0.2) is 0 Å². The van der Waals surface area contributed by atoms with E-state index < -0.39 is 0 Å². The number of hydrogen-bond donors (Lipinski definition) is 1. The average Bonchev–Trinajstić information content (AvgIpc) is 2.84. The van der Waals surface area contributed by atoms with E-state index in [9.17, 15) is 5.11 Å². The van der Waals surface area contributed by atoms with Gasteiger partial charge in [0.15, 0.2) is 0 Å². The minimum Gasteiger partial charge on any atom is -0.496 e. The predicted octanol–water partition coefficient (Wildman–Crippen LogP) is 8.08. The number of aryl methyl sites for hydroxylation is 2. The molecule has 2 aliphatic rings. The van der Waals surface area contributed by atoms with E-state index in [0.29, 0.717) is 17.3 Å². The van der Waals surface area contributed by atoms with E-state index in [2.05, 4.69) is 64.1 Å². The third kappa shape index (κ3) is 5.16. The molecule has 0 radical (unpaired) electrons. The van der Waals surface area contributed by atoms with Crippen molar-refractivity contribution in [2.24, 2.45) is 17.3 Å². The van der Waals surface area contributed by atoms with Crippen LogP contribution >= 0.6 is 0 Å². The lowest BCUT2D eigenvalue weighted by Crippen LogP contribution is -2.36. The van der Waals surface area contributed by atoms with Crippen molar-refractivity contribution in [2.45, 2.75) is 97.5 Å². The van der Waals surface area contributed by atoms with Gasteiger partial charge in [0.05, 0.1) is 13.7 Å². The maximum Gasteiger partial charge on any atom is 0.122 e. The molecule has 180 valence electrons. The second kappa shape index (κ2) is 10.2. The summed E-state index contributed by atoms with van der Waals surface area (Å²) in [5.41, 5.74) is 6.88. The zero-order valence-electron chi connectivity index (χ0n) is 21.5. The van der Waals surface area contributed by atoms with E-state index >= 15 is 0 Å². The van der Waals surface area contributed by atoms with Crippen LogP contribution in [0.1, 0.15) is 105 Å². The number of methoxy groups -OCH3 is 1. The number of ether oxygens (including phenoxy) is 1. The monoisotopic (exact) mass is 448 g/mol. The molecule has 0 atom stereocenters. The van der Waals surface area contributed by atoms with Crippen LogP contribution in [0.4, 0.5) is 0 Å². The molecule has 0 bridgehead atoms. The Hall–Kier alpha value is -1.80. The number of rotatable bonds is 6. The average molecular weight is 449 g/mol. The lowest BCUT2D eigenvalue weighted by molar-refractivity contribution is 0.0510. The Balaban J connectivity index is 1.36. The summed E-state index contributed by atoms with van der Waals surface area (Å²) in [7, 11) is 1.81. The molecule has 0 spiro atoms. The number of benzene rings is 2. The molecule has 33 heavy (non-hydrogen) atoms. The molecular weight excluding hydrogens is 404 g/mol. The molecule has 2 saturated carbocycles. The van der Waals surface area contributed by atoms with Gasteiger partial charge in [-0.1, -0.05) is 49.7 Å². The molecule has 2 aromatic carbocycles. The van der Waals surface area contributed by atoms with Crippen molar-refractivity contribution in [1.82, 2.24) is 0 Å². The zero-order chi connectivity index (χ0) is 23.6. The summed E-state index contributed by atoms with van der Waals surface area (Å²) >= 11 is 0. The van der Waals surface area contributed by atoms with Gasteiger partial charge in [0.25, 0.3) is 0 Å². The van der Waals surface area contributed by atoms with Gasteiger partial charge in [-0.2, -0.15) is 0 Å². The van der Waals surface area contributed by atoms with Crippen molar-refractivity contribution < 1.29 is 9.84 Å². The summed E-state index contributed by atoms with van der Waals surface area (Å²) in [6, 6.07) is 13.4. The fourth-order valence-corrected chi connectivity index (χ4v) is 7.06. The van der Waals surface area contributed by atoms with Crippen LogP contribution in [-0.4, -0.2) is 12.2 Å². The summed E-state index contributed by atoms with van der Waals surface area (Å²) in [6.07, 6.45) is 10.4. The van der Waals surface area contributed by atoms with Crippen LogP contribution in [0.15, 0.2) is 36.4 Å². The van der Waals surface area contributed by atoms with E-state index in [-0.39, 0.29) is 6.61 Å². The highest BCUT2D eigenvalue weighted by atomic mass is 16.5. The molecule has 0 aromatic heterocycles. The van der Waals surface area contributed by atoms with E-state index in [1.807, 2.05) is 7.11 Å². The topological polar surface area (TPSA) is 29.5 Å². The molecule has 2 fully saturated rings. The first-order valence-corrected chi connectivity index (χ1v) is 13.2. The number of hydrogen-bond acceptors (Lipinski definition) is 2. The van der Waals surface area contributed by atoms with Crippen LogP contribution in [0.3, 0.4) is 0 Å². The molecule has 2 heteroatoms. The van der Waals surface area contributed by atoms with Crippen LogP contribution in [0.5, 0.6) is 5.75 Å². The second-order valence-electron chi connectivity index (χ2n) is 11.5. The first-order chi connectivity index (χ1) is 15.8. The number of aliphatic hydroxyl groups excluding tert-OH is 1. The molecule has 0 heterocycles. The summed E-state index contributed by atoms with van der Waals surface area (Å²) in [5, 5.41) is 9.87. The van der Waals surface area contributed by atoms with Gasteiger partial charge in [-0.3, -0.25) is 0 Å². The third-order valence-electron chi connectivity index (χ3n) is 9.30. The van der Waals surface area contributed by atoms with Crippen molar-refractivity contribution in [2.75, 3.05) is 7.11 Å². The van der Waals surface area contributed by atoms with E-state index in [1.165, 1.54) is 73.6 Å². The Morgan fingerprint density at radius 2 is 1.24 bits per heavy atom. The van der Waals surface area contributed by atoms with Crippen LogP contribution in [0.2, 0.25) is 0 Å². The summed E-state index contributed by atoms with van der Waals surface area (Å²) in [5.74, 6) is 3.96. The first kappa shape index (κ1) is 24.3. The molecule has 0 aliphatic heterocycles. The molecule has 2 aromatic rings. The van der Waals surface area contributed by atoms with Crippen LogP contribution < -0.4 is 4.74 Å². The van der Waals surface area contributed by atoms with Gasteiger partial charge < -0.3 is 9.84 Å². The Morgan fingerprint density at radius 1 is 0.758 bits per heavy atom. The Kier molecular flexibility index (Phi) is 7.53. The van der Waals surface area contributed by atoms with Crippen molar-refractivity contribution in [1.29, 1.82) is 0 Å². The Bertz CT molecular complexity index is 852. The van der Waals surface area contributed by atoms with Crippen molar-refractivity contribution in [3.8, 4) is 5.75 Å². The van der Waals surface area contributed by atoms with E-state index in [1.54, 1.807) is 0 Å². The van der Waals surface area contributed by atoms with Gasteiger partial charge >= 0.3 is 0 Å². The predicted molar refractivity (Wildman–Crippen MR) is 138 cm³/mol.